The van der Waals surface area contributed by atoms with Crippen molar-refractivity contribution in [2.45, 2.75) is 12.8 Å². The van der Waals surface area contributed by atoms with Crippen LogP contribution in [0.15, 0.2) is 0 Å². The quantitative estimate of drug-likeness (QED) is 0.449. The molecule has 0 spiro atoms. The fraction of sp³-hybridized carbons (Fsp3) is 0.714. The Labute approximate surface area is 86.4 Å². The van der Waals surface area contributed by atoms with Crippen molar-refractivity contribution in [1.82, 2.24) is 0 Å². The summed E-state index contributed by atoms with van der Waals surface area (Å²) in [4.78, 5) is 30.0. The van der Waals surface area contributed by atoms with Crippen LogP contribution in [0.2, 0.25) is 0 Å². The third kappa shape index (κ3) is 6.22. The SMILES string of the molecule is NCP(=O)(O)C[C@H](CCC(=O)O)C(=O)O. The van der Waals surface area contributed by atoms with Crippen molar-refractivity contribution >= 4 is 19.3 Å². The molecule has 0 fully saturated rings. The smallest absolute Gasteiger partial charge is 0.307 e. The first-order chi connectivity index (χ1) is 6.78. The van der Waals surface area contributed by atoms with Crippen LogP contribution in [0.4, 0.5) is 0 Å². The first-order valence-corrected chi connectivity index (χ1v) is 6.27. The van der Waals surface area contributed by atoms with Crippen LogP contribution in [0, 0.1) is 5.92 Å². The Morgan fingerprint density at radius 1 is 1.33 bits per heavy atom. The van der Waals surface area contributed by atoms with Gasteiger partial charge < -0.3 is 20.8 Å². The van der Waals surface area contributed by atoms with Crippen molar-refractivity contribution in [3.05, 3.63) is 0 Å². The van der Waals surface area contributed by atoms with Gasteiger partial charge in [0.2, 0.25) is 7.37 Å². The summed E-state index contributed by atoms with van der Waals surface area (Å²) in [6, 6.07) is 0. The lowest BCUT2D eigenvalue weighted by Crippen LogP contribution is -2.21. The molecule has 8 heteroatoms. The van der Waals surface area contributed by atoms with E-state index in [0.717, 1.165) is 0 Å². The molecule has 88 valence electrons. The molecule has 7 nitrogen and oxygen atoms in total. The maximum atomic E-state index is 11.2. The second-order valence-electron chi connectivity index (χ2n) is 3.18. The molecule has 2 atom stereocenters. The van der Waals surface area contributed by atoms with Gasteiger partial charge in [-0.15, -0.1) is 0 Å². The van der Waals surface area contributed by atoms with Crippen molar-refractivity contribution in [3.63, 3.8) is 0 Å². The number of aliphatic carboxylic acids is 2. The summed E-state index contributed by atoms with van der Waals surface area (Å²) in [5, 5.41) is 17.0. The lowest BCUT2D eigenvalue weighted by atomic mass is 10.1. The number of carboxylic acids is 2. The minimum Gasteiger partial charge on any atom is -0.481 e. The molecule has 0 aliphatic heterocycles. The van der Waals surface area contributed by atoms with Crippen molar-refractivity contribution in [2.75, 3.05) is 12.4 Å². The van der Waals surface area contributed by atoms with Crippen LogP contribution in [-0.4, -0.2) is 39.5 Å². The van der Waals surface area contributed by atoms with E-state index in [1.165, 1.54) is 0 Å². The Bertz CT molecular complexity index is 291. The van der Waals surface area contributed by atoms with Gasteiger partial charge in [0.25, 0.3) is 0 Å². The van der Waals surface area contributed by atoms with E-state index in [0.29, 0.717) is 0 Å². The molecule has 0 aliphatic rings. The molecule has 0 saturated heterocycles. The topological polar surface area (TPSA) is 138 Å². The second-order valence-corrected chi connectivity index (χ2v) is 5.60. The van der Waals surface area contributed by atoms with E-state index in [2.05, 4.69) is 0 Å². The minimum atomic E-state index is -3.64. The molecule has 0 saturated carbocycles. The van der Waals surface area contributed by atoms with Crippen LogP contribution in [0.3, 0.4) is 0 Å². The van der Waals surface area contributed by atoms with Crippen molar-refractivity contribution in [2.24, 2.45) is 11.7 Å². The van der Waals surface area contributed by atoms with Gasteiger partial charge in [0, 0.05) is 12.6 Å². The van der Waals surface area contributed by atoms with Crippen LogP contribution in [0.1, 0.15) is 12.8 Å². The van der Waals surface area contributed by atoms with Gasteiger partial charge in [-0.05, 0) is 6.42 Å². The largest absolute Gasteiger partial charge is 0.481 e. The third-order valence-corrected chi connectivity index (χ3v) is 3.43. The van der Waals surface area contributed by atoms with Crippen LogP contribution >= 0.6 is 7.37 Å². The normalized spacial score (nSPS) is 16.7. The summed E-state index contributed by atoms with van der Waals surface area (Å²) in [5.41, 5.74) is 4.99. The predicted octanol–water partition coefficient (Wildman–Crippen LogP) is -0.261. The Kier molecular flexibility index (Phi) is 5.49. The maximum absolute atomic E-state index is 11.2. The first-order valence-electron chi connectivity index (χ1n) is 4.24. The van der Waals surface area contributed by atoms with Crippen LogP contribution < -0.4 is 5.73 Å². The van der Waals surface area contributed by atoms with Crippen molar-refractivity contribution < 1.29 is 29.3 Å². The molecule has 0 aliphatic carbocycles. The molecule has 15 heavy (non-hydrogen) atoms. The van der Waals surface area contributed by atoms with E-state index in [1.54, 1.807) is 0 Å². The van der Waals surface area contributed by atoms with Crippen molar-refractivity contribution in [1.29, 1.82) is 0 Å². The molecule has 1 unspecified atom stereocenters. The minimum absolute atomic E-state index is 0.171. The van der Waals surface area contributed by atoms with Crippen LogP contribution in [-0.2, 0) is 14.2 Å². The number of hydrogen-bond acceptors (Lipinski definition) is 4. The molecule has 0 aromatic heterocycles. The molecule has 0 bridgehead atoms. The van der Waals surface area contributed by atoms with E-state index in [-0.39, 0.29) is 12.8 Å². The van der Waals surface area contributed by atoms with Gasteiger partial charge >= 0.3 is 11.9 Å². The van der Waals surface area contributed by atoms with E-state index in [4.69, 9.17) is 20.8 Å². The fourth-order valence-corrected chi connectivity index (χ4v) is 2.19. The molecule has 0 radical (unpaired) electrons. The third-order valence-electron chi connectivity index (χ3n) is 1.85. The summed E-state index contributed by atoms with van der Waals surface area (Å²) < 4.78 is 11.2. The highest BCUT2D eigenvalue weighted by Gasteiger charge is 2.27. The highest BCUT2D eigenvalue weighted by Crippen LogP contribution is 2.41. The monoisotopic (exact) mass is 239 g/mol. The number of hydrogen-bond donors (Lipinski definition) is 4. The van der Waals surface area contributed by atoms with E-state index >= 15 is 0 Å². The Morgan fingerprint density at radius 2 is 1.87 bits per heavy atom. The molecular weight excluding hydrogens is 225 g/mol. The summed E-state index contributed by atoms with van der Waals surface area (Å²) in [6.45, 7) is 0. The number of carboxylic acid groups (broad SMARTS) is 2. The Hall–Kier alpha value is -0.910. The number of carbonyl (C=O) groups is 2. The van der Waals surface area contributed by atoms with Gasteiger partial charge in [-0.1, -0.05) is 0 Å². The van der Waals surface area contributed by atoms with Crippen LogP contribution in [0.5, 0.6) is 0 Å². The second kappa shape index (κ2) is 5.85. The maximum Gasteiger partial charge on any atom is 0.307 e. The highest BCUT2D eigenvalue weighted by atomic mass is 31.2. The fourth-order valence-electron chi connectivity index (χ4n) is 1.01. The van der Waals surface area contributed by atoms with E-state index in [1.807, 2.05) is 0 Å². The molecular formula is C7H14NO6P. The van der Waals surface area contributed by atoms with Gasteiger partial charge in [-0.2, -0.15) is 0 Å². The summed E-state index contributed by atoms with van der Waals surface area (Å²) in [5.74, 6) is -3.55. The molecule has 0 rings (SSSR count). The van der Waals surface area contributed by atoms with Gasteiger partial charge in [0.15, 0.2) is 0 Å². The van der Waals surface area contributed by atoms with Gasteiger partial charge in [0.1, 0.15) is 0 Å². The Morgan fingerprint density at radius 3 is 2.20 bits per heavy atom. The zero-order chi connectivity index (χ0) is 12.1. The summed E-state index contributed by atoms with van der Waals surface area (Å²) in [6.07, 6.45) is -1.49. The van der Waals surface area contributed by atoms with E-state index in [9.17, 15) is 14.2 Å². The molecule has 5 N–H and O–H groups in total. The molecule has 0 aromatic carbocycles. The molecule has 0 heterocycles. The number of rotatable bonds is 7. The number of nitrogens with two attached hydrogens (primary N) is 1. The molecule has 0 amide bonds. The zero-order valence-corrected chi connectivity index (χ0v) is 8.89. The summed E-state index contributed by atoms with van der Waals surface area (Å²) >= 11 is 0. The van der Waals surface area contributed by atoms with E-state index < -0.39 is 37.7 Å². The first kappa shape index (κ1) is 14.1. The van der Waals surface area contributed by atoms with Gasteiger partial charge in [-0.3, -0.25) is 14.2 Å². The van der Waals surface area contributed by atoms with Crippen LogP contribution in [0.25, 0.3) is 0 Å². The zero-order valence-electron chi connectivity index (χ0n) is 8.00. The molecule has 0 aromatic rings. The average Bonchev–Trinajstić information content (AvgIpc) is 2.11. The van der Waals surface area contributed by atoms with Gasteiger partial charge in [-0.25, -0.2) is 0 Å². The lowest BCUT2D eigenvalue weighted by Gasteiger charge is -2.14. The van der Waals surface area contributed by atoms with Gasteiger partial charge in [0.05, 0.1) is 12.2 Å². The lowest BCUT2D eigenvalue weighted by molar-refractivity contribution is -0.142. The van der Waals surface area contributed by atoms with Crippen molar-refractivity contribution in [3.8, 4) is 0 Å². The highest BCUT2D eigenvalue weighted by molar-refractivity contribution is 7.57. The standard InChI is InChI=1S/C7H14NO6P/c8-4-15(13,14)3-5(7(11)12)1-2-6(9)10/h5H,1-4,8H2,(H,9,10)(H,11,12)(H,13,14)/t5-/m0/s1. The predicted molar refractivity (Wildman–Crippen MR) is 51.7 cm³/mol. The summed E-state index contributed by atoms with van der Waals surface area (Å²) in [7, 11) is -3.64. The average molecular weight is 239 g/mol. The Balaban J connectivity index is 4.35.